The zero-order valence-corrected chi connectivity index (χ0v) is 16.9. The minimum atomic E-state index is -1.06. The van der Waals surface area contributed by atoms with Gasteiger partial charge in [-0.3, -0.25) is 9.59 Å². The first-order chi connectivity index (χ1) is 14.4. The molecule has 0 aliphatic heterocycles. The Balaban J connectivity index is 1.68. The van der Waals surface area contributed by atoms with Crippen LogP contribution in [0.3, 0.4) is 0 Å². The lowest BCUT2D eigenvalue weighted by Crippen LogP contribution is -2.30. The Morgan fingerprint density at radius 3 is 2.27 bits per heavy atom. The summed E-state index contributed by atoms with van der Waals surface area (Å²) >= 11 is 0. The number of furan rings is 1. The van der Waals surface area contributed by atoms with Crippen molar-refractivity contribution in [1.82, 2.24) is 0 Å². The number of fused-ring (bicyclic) bond motifs is 1. The van der Waals surface area contributed by atoms with Gasteiger partial charge in [-0.2, -0.15) is 0 Å². The Kier molecular flexibility index (Phi) is 6.48. The van der Waals surface area contributed by atoms with Gasteiger partial charge >= 0.3 is 5.97 Å². The number of nitrogens with one attached hydrogen (secondary N) is 2. The van der Waals surface area contributed by atoms with E-state index >= 15 is 0 Å². The fraction of sp³-hybridized carbons (Fsp3) is 0.227. The van der Waals surface area contributed by atoms with E-state index < -0.39 is 18.0 Å². The van der Waals surface area contributed by atoms with Gasteiger partial charge in [0.25, 0.3) is 5.91 Å². The lowest BCUT2D eigenvalue weighted by molar-refractivity contribution is -0.123. The van der Waals surface area contributed by atoms with Crippen molar-refractivity contribution in [2.24, 2.45) is 0 Å². The van der Waals surface area contributed by atoms with Crippen molar-refractivity contribution < 1.29 is 28.3 Å². The smallest absolute Gasteiger partial charge is 0.375 e. The van der Waals surface area contributed by atoms with E-state index in [0.29, 0.717) is 22.5 Å². The Morgan fingerprint density at radius 2 is 1.63 bits per heavy atom. The molecule has 0 aliphatic carbocycles. The number of amides is 2. The molecule has 2 aromatic carbocycles. The molecule has 0 unspecified atom stereocenters. The monoisotopic (exact) mass is 410 g/mol. The third kappa shape index (κ3) is 4.84. The molecular formula is C22H22N2O6. The van der Waals surface area contributed by atoms with Crippen molar-refractivity contribution in [2.45, 2.75) is 26.6 Å². The van der Waals surface area contributed by atoms with Crippen LogP contribution in [0.4, 0.5) is 11.4 Å². The number of benzene rings is 2. The van der Waals surface area contributed by atoms with Crippen molar-refractivity contribution in [3.05, 3.63) is 59.9 Å². The normalized spacial score (nSPS) is 11.7. The standard InChI is InChI=1S/C22H22N2O6/c1-13(21(26)24-16-10-8-15(9-11-16)23-14(2)25)29-22(27)20-18(12-28-3)17-6-4-5-7-19(17)30-20/h4-11,13H,12H2,1-3H3,(H,23,25)(H,24,26)/t13-/m1/s1. The van der Waals surface area contributed by atoms with E-state index in [4.69, 9.17) is 13.9 Å². The summed E-state index contributed by atoms with van der Waals surface area (Å²) in [6.45, 7) is 3.05. The van der Waals surface area contributed by atoms with E-state index in [2.05, 4.69) is 10.6 Å². The molecule has 156 valence electrons. The molecule has 3 aromatic rings. The second kappa shape index (κ2) is 9.23. The highest BCUT2D eigenvalue weighted by molar-refractivity contribution is 5.99. The molecule has 0 aliphatic rings. The molecule has 1 aromatic heterocycles. The summed E-state index contributed by atoms with van der Waals surface area (Å²) in [5.74, 6) is -1.43. The van der Waals surface area contributed by atoms with E-state index in [1.165, 1.54) is 21.0 Å². The molecular weight excluding hydrogens is 388 g/mol. The van der Waals surface area contributed by atoms with Gasteiger partial charge in [-0.15, -0.1) is 0 Å². The molecule has 8 nitrogen and oxygen atoms in total. The van der Waals surface area contributed by atoms with Crippen LogP contribution in [0.2, 0.25) is 0 Å². The first-order valence-electron chi connectivity index (χ1n) is 9.28. The van der Waals surface area contributed by atoms with Gasteiger partial charge in [0.1, 0.15) is 5.58 Å². The zero-order valence-electron chi connectivity index (χ0n) is 16.9. The molecule has 0 saturated heterocycles. The van der Waals surface area contributed by atoms with Crippen LogP contribution >= 0.6 is 0 Å². The van der Waals surface area contributed by atoms with E-state index in [1.807, 2.05) is 12.1 Å². The number of hydrogen-bond acceptors (Lipinski definition) is 6. The maximum absolute atomic E-state index is 12.6. The van der Waals surface area contributed by atoms with E-state index in [9.17, 15) is 14.4 Å². The fourth-order valence-electron chi connectivity index (χ4n) is 2.90. The second-order valence-electron chi connectivity index (χ2n) is 6.63. The van der Waals surface area contributed by atoms with Crippen LogP contribution in [0.5, 0.6) is 0 Å². The maximum atomic E-state index is 12.6. The van der Waals surface area contributed by atoms with Crippen LogP contribution in [0.25, 0.3) is 11.0 Å². The Bertz CT molecular complexity index is 1070. The van der Waals surface area contributed by atoms with Crippen LogP contribution < -0.4 is 10.6 Å². The van der Waals surface area contributed by atoms with Gasteiger partial charge in [0, 0.05) is 36.4 Å². The van der Waals surface area contributed by atoms with Crippen molar-refractivity contribution in [1.29, 1.82) is 0 Å². The van der Waals surface area contributed by atoms with Gasteiger partial charge in [-0.25, -0.2) is 4.79 Å². The van der Waals surface area contributed by atoms with Crippen molar-refractivity contribution in [3.8, 4) is 0 Å². The molecule has 1 atom stereocenters. The number of carbonyl (C=O) groups is 3. The van der Waals surface area contributed by atoms with E-state index in [0.717, 1.165) is 5.39 Å². The summed E-state index contributed by atoms with van der Waals surface area (Å²) in [5, 5.41) is 6.05. The SMILES string of the molecule is COCc1c(C(=O)O[C@H](C)C(=O)Nc2ccc(NC(C)=O)cc2)oc2ccccc12. The van der Waals surface area contributed by atoms with Gasteiger partial charge in [0.15, 0.2) is 6.10 Å². The van der Waals surface area contributed by atoms with Gasteiger partial charge in [-0.05, 0) is 37.3 Å². The van der Waals surface area contributed by atoms with E-state index in [-0.39, 0.29) is 18.3 Å². The molecule has 2 N–H and O–H groups in total. The van der Waals surface area contributed by atoms with Crippen LogP contribution in [0.15, 0.2) is 52.9 Å². The van der Waals surface area contributed by atoms with Crippen LogP contribution in [-0.2, 0) is 25.7 Å². The number of esters is 1. The number of anilines is 2. The third-order valence-electron chi connectivity index (χ3n) is 4.30. The summed E-state index contributed by atoms with van der Waals surface area (Å²) in [6.07, 6.45) is -1.06. The van der Waals surface area contributed by atoms with Crippen LogP contribution in [0, 0.1) is 0 Å². The van der Waals surface area contributed by atoms with Crippen molar-refractivity contribution >= 4 is 40.1 Å². The first kappa shape index (κ1) is 21.1. The summed E-state index contributed by atoms with van der Waals surface area (Å²) in [6, 6.07) is 13.8. The highest BCUT2D eigenvalue weighted by Crippen LogP contribution is 2.27. The predicted octanol–water partition coefficient (Wildman–Crippen LogP) is 3.72. The van der Waals surface area contributed by atoms with Crippen molar-refractivity contribution in [2.75, 3.05) is 17.7 Å². The number of para-hydroxylation sites is 1. The molecule has 0 radical (unpaired) electrons. The van der Waals surface area contributed by atoms with Gasteiger partial charge < -0.3 is 24.5 Å². The minimum Gasteiger partial charge on any atom is -0.449 e. The molecule has 8 heteroatoms. The number of ether oxygens (including phenoxy) is 2. The zero-order chi connectivity index (χ0) is 21.7. The largest absolute Gasteiger partial charge is 0.449 e. The number of hydrogen-bond donors (Lipinski definition) is 2. The number of rotatable bonds is 7. The highest BCUT2D eigenvalue weighted by Gasteiger charge is 2.25. The average Bonchev–Trinajstić information content (AvgIpc) is 3.08. The molecule has 30 heavy (non-hydrogen) atoms. The van der Waals surface area contributed by atoms with E-state index in [1.54, 1.807) is 36.4 Å². The highest BCUT2D eigenvalue weighted by atomic mass is 16.6. The first-order valence-corrected chi connectivity index (χ1v) is 9.28. The molecule has 0 bridgehead atoms. The van der Waals surface area contributed by atoms with Gasteiger partial charge in [0.05, 0.1) is 6.61 Å². The number of carbonyl (C=O) groups excluding carboxylic acids is 3. The van der Waals surface area contributed by atoms with Gasteiger partial charge in [-0.1, -0.05) is 18.2 Å². The predicted molar refractivity (Wildman–Crippen MR) is 111 cm³/mol. The quantitative estimate of drug-likeness (QED) is 0.575. The molecule has 1 heterocycles. The lowest BCUT2D eigenvalue weighted by atomic mass is 10.1. The molecule has 0 fully saturated rings. The summed E-state index contributed by atoms with van der Waals surface area (Å²) < 4.78 is 16.1. The maximum Gasteiger partial charge on any atom is 0.375 e. The van der Waals surface area contributed by atoms with Crippen LogP contribution in [-0.4, -0.2) is 31.0 Å². The fourth-order valence-corrected chi connectivity index (χ4v) is 2.90. The molecule has 2 amide bonds. The summed E-state index contributed by atoms with van der Waals surface area (Å²) in [4.78, 5) is 36.1. The van der Waals surface area contributed by atoms with Crippen LogP contribution in [0.1, 0.15) is 30.0 Å². The third-order valence-corrected chi connectivity index (χ3v) is 4.30. The minimum absolute atomic E-state index is 0.0114. The average molecular weight is 410 g/mol. The Hall–Kier alpha value is -3.65. The van der Waals surface area contributed by atoms with Gasteiger partial charge in [0.2, 0.25) is 11.7 Å². The Labute approximate surface area is 173 Å². The topological polar surface area (TPSA) is 107 Å². The van der Waals surface area contributed by atoms with Crippen molar-refractivity contribution in [3.63, 3.8) is 0 Å². The Morgan fingerprint density at radius 1 is 1.00 bits per heavy atom. The molecule has 0 spiro atoms. The lowest BCUT2D eigenvalue weighted by Gasteiger charge is -2.13. The molecule has 0 saturated carbocycles. The second-order valence-corrected chi connectivity index (χ2v) is 6.63. The summed E-state index contributed by atoms with van der Waals surface area (Å²) in [5.41, 5.74) is 2.21. The summed E-state index contributed by atoms with van der Waals surface area (Å²) in [7, 11) is 1.52. The molecule has 3 rings (SSSR count). The number of methoxy groups -OCH3 is 1.